The zero-order valence-electron chi connectivity index (χ0n) is 9.78. The molecule has 0 bridgehead atoms. The average Bonchev–Trinajstić information content (AvgIpc) is 2.46. The lowest BCUT2D eigenvalue weighted by Crippen LogP contribution is -1.97. The zero-order valence-corrected chi connectivity index (χ0v) is 9.78. The molecule has 1 aromatic carbocycles. The molecule has 0 aliphatic carbocycles. The van der Waals surface area contributed by atoms with Crippen LogP contribution in [0.1, 0.15) is 5.69 Å². The van der Waals surface area contributed by atoms with Gasteiger partial charge in [-0.25, -0.2) is 0 Å². The lowest BCUT2D eigenvalue weighted by atomic mass is 10.2. The third kappa shape index (κ3) is 2.30. The van der Waals surface area contributed by atoms with Crippen molar-refractivity contribution in [2.24, 2.45) is 0 Å². The summed E-state index contributed by atoms with van der Waals surface area (Å²) in [5.41, 5.74) is 1.86. The second-order valence-electron chi connectivity index (χ2n) is 3.97. The van der Waals surface area contributed by atoms with Gasteiger partial charge in [0, 0.05) is 23.8 Å². The van der Waals surface area contributed by atoms with E-state index in [4.69, 9.17) is 4.74 Å². The van der Waals surface area contributed by atoms with E-state index in [0.29, 0.717) is 6.61 Å². The van der Waals surface area contributed by atoms with Gasteiger partial charge in [0.1, 0.15) is 12.4 Å². The number of fused-ring (bicyclic) bond motifs is 1. The summed E-state index contributed by atoms with van der Waals surface area (Å²) in [6.45, 7) is 0.471. The standard InChI is InChI=1S/C15H12N2O/c1-2-8-16-13(5-1)11-18-14-7-6-12-4-3-9-17-15(12)10-14/h1-10H,11H2. The van der Waals surface area contributed by atoms with Gasteiger partial charge in [-0.1, -0.05) is 12.1 Å². The number of hydrogen-bond donors (Lipinski definition) is 0. The molecule has 0 spiro atoms. The molecule has 0 saturated carbocycles. The predicted molar refractivity (Wildman–Crippen MR) is 70.3 cm³/mol. The molecule has 3 nitrogen and oxygen atoms in total. The van der Waals surface area contributed by atoms with Crippen LogP contribution < -0.4 is 4.74 Å². The third-order valence-corrected chi connectivity index (χ3v) is 2.69. The van der Waals surface area contributed by atoms with Crippen molar-refractivity contribution < 1.29 is 4.74 Å². The highest BCUT2D eigenvalue weighted by Crippen LogP contribution is 2.19. The molecule has 18 heavy (non-hydrogen) atoms. The Morgan fingerprint density at radius 1 is 0.889 bits per heavy atom. The summed E-state index contributed by atoms with van der Waals surface area (Å²) in [5.74, 6) is 0.812. The first-order chi connectivity index (χ1) is 8.92. The van der Waals surface area contributed by atoms with Crippen LogP contribution in [-0.4, -0.2) is 9.97 Å². The van der Waals surface area contributed by atoms with Crippen molar-refractivity contribution >= 4 is 10.9 Å². The summed E-state index contributed by atoms with van der Waals surface area (Å²) in [7, 11) is 0. The second kappa shape index (κ2) is 4.84. The van der Waals surface area contributed by atoms with Gasteiger partial charge in [-0.2, -0.15) is 0 Å². The van der Waals surface area contributed by atoms with Crippen LogP contribution in [0.15, 0.2) is 60.9 Å². The first kappa shape index (κ1) is 10.7. The van der Waals surface area contributed by atoms with Crippen LogP contribution >= 0.6 is 0 Å². The lowest BCUT2D eigenvalue weighted by Gasteiger charge is -2.06. The van der Waals surface area contributed by atoms with Gasteiger partial charge < -0.3 is 4.74 Å². The van der Waals surface area contributed by atoms with E-state index in [2.05, 4.69) is 9.97 Å². The lowest BCUT2D eigenvalue weighted by molar-refractivity contribution is 0.301. The maximum Gasteiger partial charge on any atom is 0.130 e. The van der Waals surface area contributed by atoms with Gasteiger partial charge >= 0.3 is 0 Å². The van der Waals surface area contributed by atoms with Gasteiger partial charge in [0.2, 0.25) is 0 Å². The highest BCUT2D eigenvalue weighted by molar-refractivity contribution is 5.79. The Labute approximate surface area is 105 Å². The minimum absolute atomic E-state index is 0.471. The predicted octanol–water partition coefficient (Wildman–Crippen LogP) is 3.21. The van der Waals surface area contributed by atoms with Gasteiger partial charge in [-0.3, -0.25) is 9.97 Å². The summed E-state index contributed by atoms with van der Waals surface area (Å²) in [5, 5.41) is 1.11. The number of pyridine rings is 2. The Morgan fingerprint density at radius 2 is 1.83 bits per heavy atom. The molecular weight excluding hydrogens is 224 g/mol. The molecular formula is C15H12N2O. The van der Waals surface area contributed by atoms with Crippen LogP contribution in [0.3, 0.4) is 0 Å². The van der Waals surface area contributed by atoms with E-state index < -0.39 is 0 Å². The molecule has 0 saturated heterocycles. The molecule has 0 fully saturated rings. The van der Waals surface area contributed by atoms with E-state index >= 15 is 0 Å². The Balaban J connectivity index is 1.79. The van der Waals surface area contributed by atoms with Gasteiger partial charge in [0.15, 0.2) is 0 Å². The fourth-order valence-electron chi connectivity index (χ4n) is 1.78. The van der Waals surface area contributed by atoms with Crippen LogP contribution in [0, 0.1) is 0 Å². The number of ether oxygens (including phenoxy) is 1. The van der Waals surface area contributed by atoms with Gasteiger partial charge in [-0.15, -0.1) is 0 Å². The quantitative estimate of drug-likeness (QED) is 0.700. The molecule has 2 heterocycles. The summed E-state index contributed by atoms with van der Waals surface area (Å²) in [4.78, 5) is 8.52. The molecule has 0 radical (unpaired) electrons. The highest BCUT2D eigenvalue weighted by Gasteiger charge is 1.99. The average molecular weight is 236 g/mol. The first-order valence-corrected chi connectivity index (χ1v) is 5.79. The molecule has 0 aliphatic rings. The van der Waals surface area contributed by atoms with E-state index in [0.717, 1.165) is 22.3 Å². The Kier molecular flexibility index (Phi) is 2.88. The molecule has 0 atom stereocenters. The number of hydrogen-bond acceptors (Lipinski definition) is 3. The van der Waals surface area contributed by atoms with Crippen LogP contribution in [0.5, 0.6) is 5.75 Å². The van der Waals surface area contributed by atoms with E-state index in [1.165, 1.54) is 0 Å². The van der Waals surface area contributed by atoms with E-state index in [1.54, 1.807) is 12.4 Å². The number of rotatable bonds is 3. The van der Waals surface area contributed by atoms with Crippen LogP contribution in [-0.2, 0) is 6.61 Å². The van der Waals surface area contributed by atoms with E-state index in [-0.39, 0.29) is 0 Å². The molecule has 2 aromatic heterocycles. The molecule has 88 valence electrons. The SMILES string of the molecule is c1ccc(COc2ccc3cccnc3c2)nc1. The van der Waals surface area contributed by atoms with E-state index in [9.17, 15) is 0 Å². The molecule has 0 aliphatic heterocycles. The topological polar surface area (TPSA) is 35.0 Å². The normalized spacial score (nSPS) is 10.4. The minimum atomic E-state index is 0.471. The summed E-state index contributed by atoms with van der Waals surface area (Å²) >= 11 is 0. The Hall–Kier alpha value is -2.42. The second-order valence-corrected chi connectivity index (χ2v) is 3.97. The molecule has 3 rings (SSSR count). The molecule has 3 aromatic rings. The highest BCUT2D eigenvalue weighted by atomic mass is 16.5. The molecule has 0 amide bonds. The van der Waals surface area contributed by atoms with Gasteiger partial charge in [-0.05, 0) is 30.3 Å². The van der Waals surface area contributed by atoms with Crippen molar-refractivity contribution in [3.63, 3.8) is 0 Å². The Bertz CT molecular complexity index is 653. The van der Waals surface area contributed by atoms with E-state index in [1.807, 2.05) is 48.5 Å². The summed E-state index contributed by atoms with van der Waals surface area (Å²) in [6, 6.07) is 15.7. The fourth-order valence-corrected chi connectivity index (χ4v) is 1.78. The third-order valence-electron chi connectivity index (χ3n) is 2.69. The number of aromatic nitrogens is 2. The molecule has 0 N–H and O–H groups in total. The van der Waals surface area contributed by atoms with Crippen molar-refractivity contribution in [2.45, 2.75) is 6.61 Å². The summed E-state index contributed by atoms with van der Waals surface area (Å²) in [6.07, 6.45) is 3.55. The largest absolute Gasteiger partial charge is 0.487 e. The van der Waals surface area contributed by atoms with Gasteiger partial charge in [0.25, 0.3) is 0 Å². The van der Waals surface area contributed by atoms with Crippen LogP contribution in [0.25, 0.3) is 10.9 Å². The first-order valence-electron chi connectivity index (χ1n) is 5.79. The maximum absolute atomic E-state index is 5.70. The summed E-state index contributed by atoms with van der Waals surface area (Å²) < 4.78 is 5.70. The molecule has 3 heteroatoms. The Morgan fingerprint density at radius 3 is 2.72 bits per heavy atom. The molecule has 0 unspecified atom stereocenters. The maximum atomic E-state index is 5.70. The zero-order chi connectivity index (χ0) is 12.2. The number of benzene rings is 1. The monoisotopic (exact) mass is 236 g/mol. The van der Waals surface area contributed by atoms with Crippen molar-refractivity contribution in [1.29, 1.82) is 0 Å². The number of nitrogens with zero attached hydrogens (tertiary/aromatic N) is 2. The fraction of sp³-hybridized carbons (Fsp3) is 0.0667. The smallest absolute Gasteiger partial charge is 0.130 e. The van der Waals surface area contributed by atoms with Crippen molar-refractivity contribution in [3.05, 3.63) is 66.6 Å². The van der Waals surface area contributed by atoms with Crippen molar-refractivity contribution in [1.82, 2.24) is 9.97 Å². The van der Waals surface area contributed by atoms with Crippen LogP contribution in [0.2, 0.25) is 0 Å². The van der Waals surface area contributed by atoms with Gasteiger partial charge in [0.05, 0.1) is 11.2 Å². The van der Waals surface area contributed by atoms with Crippen molar-refractivity contribution in [3.8, 4) is 5.75 Å². The van der Waals surface area contributed by atoms with Crippen LogP contribution in [0.4, 0.5) is 0 Å². The van der Waals surface area contributed by atoms with Crippen molar-refractivity contribution in [2.75, 3.05) is 0 Å². The minimum Gasteiger partial charge on any atom is -0.487 e.